The van der Waals surface area contributed by atoms with E-state index in [4.69, 9.17) is 5.73 Å². The molecule has 1 fully saturated rings. The Morgan fingerprint density at radius 1 is 1.14 bits per heavy atom. The summed E-state index contributed by atoms with van der Waals surface area (Å²) in [5.41, 5.74) is 11.9. The Bertz CT molecular complexity index is 455. The minimum absolute atomic E-state index is 0.484. The molecule has 0 aromatic heterocycles. The molecule has 0 spiro atoms. The van der Waals surface area contributed by atoms with Gasteiger partial charge in [0.25, 0.3) is 0 Å². The number of benzene rings is 1. The fourth-order valence-corrected chi connectivity index (χ4v) is 4.15. The summed E-state index contributed by atoms with van der Waals surface area (Å²) >= 11 is 0. The van der Waals surface area contributed by atoms with E-state index in [-0.39, 0.29) is 0 Å². The van der Waals surface area contributed by atoms with Crippen molar-refractivity contribution in [3.63, 3.8) is 0 Å². The molecular formula is C19H32N2. The van der Waals surface area contributed by atoms with Crippen molar-refractivity contribution in [2.24, 2.45) is 11.7 Å². The fraction of sp³-hybridized carbons (Fsp3) is 0.684. The van der Waals surface area contributed by atoms with Crippen molar-refractivity contribution in [1.82, 2.24) is 4.90 Å². The third-order valence-electron chi connectivity index (χ3n) is 5.04. The molecule has 2 unspecified atom stereocenters. The van der Waals surface area contributed by atoms with E-state index in [1.165, 1.54) is 48.1 Å². The molecule has 1 aliphatic heterocycles. The summed E-state index contributed by atoms with van der Waals surface area (Å²) in [6.07, 6.45) is 3.87. The molecule has 1 aromatic rings. The van der Waals surface area contributed by atoms with Crippen LogP contribution in [-0.4, -0.2) is 24.0 Å². The monoisotopic (exact) mass is 288 g/mol. The van der Waals surface area contributed by atoms with Crippen LogP contribution in [0.4, 0.5) is 0 Å². The zero-order valence-corrected chi connectivity index (χ0v) is 14.4. The lowest BCUT2D eigenvalue weighted by Gasteiger charge is -2.39. The van der Waals surface area contributed by atoms with Gasteiger partial charge in [0.15, 0.2) is 0 Å². The van der Waals surface area contributed by atoms with E-state index in [0.29, 0.717) is 18.0 Å². The molecule has 0 radical (unpaired) electrons. The molecule has 0 amide bonds. The van der Waals surface area contributed by atoms with Crippen LogP contribution in [0.1, 0.15) is 61.4 Å². The molecule has 2 heteroatoms. The minimum atomic E-state index is 0.484. The number of likely N-dealkylation sites (tertiary alicyclic amines) is 1. The average molecular weight is 288 g/mol. The van der Waals surface area contributed by atoms with Crippen molar-refractivity contribution in [2.45, 2.75) is 66.0 Å². The van der Waals surface area contributed by atoms with Crippen LogP contribution in [-0.2, 0) is 0 Å². The topological polar surface area (TPSA) is 29.3 Å². The largest absolute Gasteiger partial charge is 0.330 e. The van der Waals surface area contributed by atoms with Crippen molar-refractivity contribution in [1.29, 1.82) is 0 Å². The van der Waals surface area contributed by atoms with Crippen molar-refractivity contribution < 1.29 is 0 Å². The summed E-state index contributed by atoms with van der Waals surface area (Å²) in [6.45, 7) is 13.4. The van der Waals surface area contributed by atoms with Crippen LogP contribution in [0.3, 0.4) is 0 Å². The number of hydrogen-bond acceptors (Lipinski definition) is 2. The van der Waals surface area contributed by atoms with Gasteiger partial charge in [0, 0.05) is 12.1 Å². The van der Waals surface area contributed by atoms with Crippen LogP contribution in [0, 0.1) is 26.7 Å². The number of nitrogens with zero attached hydrogens (tertiary/aromatic N) is 1. The van der Waals surface area contributed by atoms with Crippen LogP contribution in [0.2, 0.25) is 0 Å². The Kier molecular flexibility index (Phi) is 5.45. The summed E-state index contributed by atoms with van der Waals surface area (Å²) in [4.78, 5) is 2.69. The zero-order chi connectivity index (χ0) is 15.6. The summed E-state index contributed by atoms with van der Waals surface area (Å²) < 4.78 is 0. The maximum atomic E-state index is 6.17. The van der Waals surface area contributed by atoms with E-state index in [2.05, 4.69) is 51.7 Å². The number of aryl methyl sites for hydroxylation is 3. The van der Waals surface area contributed by atoms with E-state index in [1.807, 2.05) is 0 Å². The SMILES string of the molecule is Cc1cc(C)c(C2C(CN)CCCCN2C(C)C)c(C)c1. The highest BCUT2D eigenvalue weighted by molar-refractivity contribution is 5.40. The van der Waals surface area contributed by atoms with Gasteiger partial charge >= 0.3 is 0 Å². The third kappa shape index (κ3) is 3.49. The van der Waals surface area contributed by atoms with E-state index < -0.39 is 0 Å². The Labute approximate surface area is 130 Å². The summed E-state index contributed by atoms with van der Waals surface area (Å²) in [7, 11) is 0. The van der Waals surface area contributed by atoms with E-state index in [0.717, 1.165) is 6.54 Å². The first-order valence-corrected chi connectivity index (χ1v) is 8.49. The Hall–Kier alpha value is -0.860. The van der Waals surface area contributed by atoms with Gasteiger partial charge in [-0.05, 0) is 83.2 Å². The highest BCUT2D eigenvalue weighted by Crippen LogP contribution is 2.39. The number of nitrogens with two attached hydrogens (primary N) is 1. The van der Waals surface area contributed by atoms with Crippen molar-refractivity contribution in [2.75, 3.05) is 13.1 Å². The lowest BCUT2D eigenvalue weighted by Crippen LogP contribution is -2.40. The Morgan fingerprint density at radius 2 is 1.76 bits per heavy atom. The third-order valence-corrected chi connectivity index (χ3v) is 5.04. The number of hydrogen-bond donors (Lipinski definition) is 1. The normalized spacial score (nSPS) is 24.3. The molecular weight excluding hydrogens is 256 g/mol. The number of rotatable bonds is 3. The Balaban J connectivity index is 2.52. The van der Waals surface area contributed by atoms with E-state index in [1.54, 1.807) is 0 Å². The standard InChI is InChI=1S/C19H32N2/c1-13(2)21-9-7-6-8-17(12-20)19(21)18-15(4)10-14(3)11-16(18)5/h10-11,13,17,19H,6-9,12,20H2,1-5H3. The van der Waals surface area contributed by atoms with E-state index in [9.17, 15) is 0 Å². The van der Waals surface area contributed by atoms with Gasteiger partial charge in [0.2, 0.25) is 0 Å². The van der Waals surface area contributed by atoms with Gasteiger partial charge in [0.05, 0.1) is 0 Å². The quantitative estimate of drug-likeness (QED) is 0.906. The summed E-state index contributed by atoms with van der Waals surface area (Å²) in [5.74, 6) is 0.579. The lowest BCUT2D eigenvalue weighted by atomic mass is 9.83. The van der Waals surface area contributed by atoms with Gasteiger partial charge < -0.3 is 5.73 Å². The smallest absolute Gasteiger partial charge is 0.0396 e. The molecule has 1 heterocycles. The van der Waals surface area contributed by atoms with Gasteiger partial charge in [-0.2, -0.15) is 0 Å². The van der Waals surface area contributed by atoms with Crippen LogP contribution in [0.25, 0.3) is 0 Å². The minimum Gasteiger partial charge on any atom is -0.330 e. The molecule has 2 atom stereocenters. The molecule has 118 valence electrons. The first-order valence-electron chi connectivity index (χ1n) is 8.49. The maximum absolute atomic E-state index is 6.17. The van der Waals surface area contributed by atoms with Crippen LogP contribution < -0.4 is 5.73 Å². The molecule has 2 rings (SSSR count). The fourth-order valence-electron chi connectivity index (χ4n) is 4.15. The molecule has 0 aliphatic carbocycles. The van der Waals surface area contributed by atoms with E-state index >= 15 is 0 Å². The van der Waals surface area contributed by atoms with Gasteiger partial charge in [-0.25, -0.2) is 0 Å². The second-order valence-electron chi connectivity index (χ2n) is 7.08. The molecule has 0 bridgehead atoms. The highest BCUT2D eigenvalue weighted by Gasteiger charge is 2.33. The predicted octanol–water partition coefficient (Wildman–Crippen LogP) is 4.12. The van der Waals surface area contributed by atoms with Crippen molar-refractivity contribution >= 4 is 0 Å². The predicted molar refractivity (Wildman–Crippen MR) is 91.6 cm³/mol. The summed E-state index contributed by atoms with van der Waals surface area (Å²) in [5, 5.41) is 0. The molecule has 1 aromatic carbocycles. The molecule has 1 aliphatic rings. The van der Waals surface area contributed by atoms with Gasteiger partial charge in [-0.1, -0.05) is 24.1 Å². The molecule has 2 nitrogen and oxygen atoms in total. The van der Waals surface area contributed by atoms with Crippen molar-refractivity contribution in [3.05, 3.63) is 34.4 Å². The molecule has 21 heavy (non-hydrogen) atoms. The van der Waals surface area contributed by atoms with Gasteiger partial charge in [0.1, 0.15) is 0 Å². The van der Waals surface area contributed by atoms with Crippen LogP contribution in [0.15, 0.2) is 12.1 Å². The summed E-state index contributed by atoms with van der Waals surface area (Å²) in [6, 6.07) is 5.72. The highest BCUT2D eigenvalue weighted by atomic mass is 15.2. The average Bonchev–Trinajstić information content (AvgIpc) is 2.60. The molecule has 0 saturated carbocycles. The zero-order valence-electron chi connectivity index (χ0n) is 14.4. The maximum Gasteiger partial charge on any atom is 0.0396 e. The second kappa shape index (κ2) is 6.93. The van der Waals surface area contributed by atoms with Gasteiger partial charge in [-0.15, -0.1) is 0 Å². The van der Waals surface area contributed by atoms with Crippen molar-refractivity contribution in [3.8, 4) is 0 Å². The van der Waals surface area contributed by atoms with Crippen LogP contribution in [0.5, 0.6) is 0 Å². The molecule has 1 saturated heterocycles. The first kappa shape index (κ1) is 16.5. The second-order valence-corrected chi connectivity index (χ2v) is 7.08. The first-order chi connectivity index (χ1) is 9.95. The van der Waals surface area contributed by atoms with Gasteiger partial charge in [-0.3, -0.25) is 4.90 Å². The Morgan fingerprint density at radius 3 is 2.29 bits per heavy atom. The lowest BCUT2D eigenvalue weighted by molar-refractivity contribution is 0.120. The molecule has 2 N–H and O–H groups in total. The van der Waals surface area contributed by atoms with Crippen LogP contribution >= 0.6 is 0 Å².